The third-order valence-electron chi connectivity index (χ3n) is 3.23. The number of hydrogen-bond acceptors (Lipinski definition) is 3. The average molecular weight is 275 g/mol. The summed E-state index contributed by atoms with van der Waals surface area (Å²) in [5.74, 6) is 0.537. The Morgan fingerprint density at radius 2 is 2.05 bits per heavy atom. The molecule has 0 aliphatic carbocycles. The largest absolute Gasteiger partial charge is 0.508 e. The smallest absolute Gasteiger partial charge is 0.123 e. The van der Waals surface area contributed by atoms with Crippen LogP contribution in [0.15, 0.2) is 42.5 Å². The minimum atomic E-state index is -0.353. The molecule has 106 valence electrons. The van der Waals surface area contributed by atoms with Gasteiger partial charge in [0.1, 0.15) is 17.3 Å². The zero-order valence-electron chi connectivity index (χ0n) is 11.6. The van der Waals surface area contributed by atoms with Crippen molar-refractivity contribution in [1.29, 1.82) is 0 Å². The molecule has 0 bridgehead atoms. The molecular formula is C16H18FNO2. The van der Waals surface area contributed by atoms with Crippen LogP contribution in [0.2, 0.25) is 0 Å². The summed E-state index contributed by atoms with van der Waals surface area (Å²) in [7, 11) is 1.63. The average Bonchev–Trinajstić information content (AvgIpc) is 2.48. The van der Waals surface area contributed by atoms with E-state index in [-0.39, 0.29) is 17.6 Å². The Morgan fingerprint density at radius 1 is 1.25 bits per heavy atom. The number of rotatable bonds is 5. The second-order valence-corrected chi connectivity index (χ2v) is 4.65. The molecular weight excluding hydrogens is 257 g/mol. The summed E-state index contributed by atoms with van der Waals surface area (Å²) in [5.41, 5.74) is 1.61. The molecule has 20 heavy (non-hydrogen) atoms. The molecule has 0 saturated carbocycles. The van der Waals surface area contributed by atoms with Crippen LogP contribution in [-0.4, -0.2) is 12.2 Å². The van der Waals surface area contributed by atoms with E-state index in [1.54, 1.807) is 7.11 Å². The van der Waals surface area contributed by atoms with Crippen LogP contribution in [0.3, 0.4) is 0 Å². The van der Waals surface area contributed by atoms with Crippen molar-refractivity contribution in [3.05, 3.63) is 59.4 Å². The summed E-state index contributed by atoms with van der Waals surface area (Å²) >= 11 is 0. The van der Waals surface area contributed by atoms with Crippen molar-refractivity contribution < 1.29 is 14.2 Å². The van der Waals surface area contributed by atoms with Crippen LogP contribution in [-0.2, 0) is 6.54 Å². The quantitative estimate of drug-likeness (QED) is 0.879. The first-order valence-corrected chi connectivity index (χ1v) is 6.45. The van der Waals surface area contributed by atoms with E-state index in [4.69, 9.17) is 4.74 Å². The van der Waals surface area contributed by atoms with E-state index in [1.807, 2.05) is 31.2 Å². The molecule has 4 heteroatoms. The van der Waals surface area contributed by atoms with E-state index in [1.165, 1.54) is 18.2 Å². The maximum absolute atomic E-state index is 13.1. The summed E-state index contributed by atoms with van der Waals surface area (Å²) < 4.78 is 18.3. The maximum atomic E-state index is 13.1. The molecule has 2 aromatic rings. The molecule has 0 spiro atoms. The lowest BCUT2D eigenvalue weighted by Crippen LogP contribution is -2.18. The molecule has 0 radical (unpaired) electrons. The van der Waals surface area contributed by atoms with Gasteiger partial charge in [0.25, 0.3) is 0 Å². The first-order valence-electron chi connectivity index (χ1n) is 6.45. The van der Waals surface area contributed by atoms with Gasteiger partial charge in [-0.1, -0.05) is 12.1 Å². The monoisotopic (exact) mass is 275 g/mol. The summed E-state index contributed by atoms with van der Waals surface area (Å²) in [4.78, 5) is 0. The van der Waals surface area contributed by atoms with Crippen molar-refractivity contribution in [1.82, 2.24) is 5.32 Å². The number of aromatic hydroxyl groups is 1. The lowest BCUT2D eigenvalue weighted by atomic mass is 10.1. The molecule has 3 nitrogen and oxygen atoms in total. The van der Waals surface area contributed by atoms with Gasteiger partial charge in [-0.25, -0.2) is 4.39 Å². The standard InChI is InChI=1S/C16H18FNO2/c1-11(12-4-3-5-15(9-12)20-2)18-10-13-8-14(17)6-7-16(13)19/h3-9,11,18-19H,10H2,1-2H3/t11-/m1/s1. The Labute approximate surface area is 118 Å². The van der Waals surface area contributed by atoms with Crippen LogP contribution in [0.25, 0.3) is 0 Å². The van der Waals surface area contributed by atoms with Crippen LogP contribution < -0.4 is 10.1 Å². The third-order valence-corrected chi connectivity index (χ3v) is 3.23. The number of ether oxygens (including phenoxy) is 1. The van der Waals surface area contributed by atoms with Gasteiger partial charge >= 0.3 is 0 Å². The fraction of sp³-hybridized carbons (Fsp3) is 0.250. The second-order valence-electron chi connectivity index (χ2n) is 4.65. The fourth-order valence-corrected chi connectivity index (χ4v) is 1.99. The Morgan fingerprint density at radius 3 is 2.80 bits per heavy atom. The zero-order chi connectivity index (χ0) is 14.5. The SMILES string of the molecule is COc1cccc([C@@H](C)NCc2cc(F)ccc2O)c1. The summed E-state index contributed by atoms with van der Waals surface area (Å²) in [6.45, 7) is 2.40. The Hall–Kier alpha value is -2.07. The van der Waals surface area contributed by atoms with Crippen molar-refractivity contribution in [2.45, 2.75) is 19.5 Å². The number of phenolic OH excluding ortho intramolecular Hbond substituents is 1. The van der Waals surface area contributed by atoms with Gasteiger partial charge in [0.05, 0.1) is 7.11 Å². The normalized spacial score (nSPS) is 12.2. The van der Waals surface area contributed by atoms with Gasteiger partial charge < -0.3 is 15.2 Å². The molecule has 0 aromatic heterocycles. The van der Waals surface area contributed by atoms with Gasteiger partial charge in [0, 0.05) is 18.2 Å². The van der Waals surface area contributed by atoms with E-state index in [2.05, 4.69) is 5.32 Å². The Balaban J connectivity index is 2.04. The van der Waals surface area contributed by atoms with E-state index >= 15 is 0 Å². The van der Waals surface area contributed by atoms with Crippen molar-refractivity contribution in [2.75, 3.05) is 7.11 Å². The number of nitrogens with one attached hydrogen (secondary N) is 1. The number of phenols is 1. The van der Waals surface area contributed by atoms with Gasteiger partial charge in [-0.3, -0.25) is 0 Å². The first kappa shape index (κ1) is 14.3. The number of hydrogen-bond donors (Lipinski definition) is 2. The molecule has 0 unspecified atom stereocenters. The van der Waals surface area contributed by atoms with Gasteiger partial charge in [-0.05, 0) is 42.8 Å². The van der Waals surface area contributed by atoms with E-state index in [9.17, 15) is 9.50 Å². The molecule has 0 fully saturated rings. The Kier molecular flexibility index (Phi) is 4.58. The first-order chi connectivity index (χ1) is 9.60. The van der Waals surface area contributed by atoms with Gasteiger partial charge in [0.15, 0.2) is 0 Å². The lowest BCUT2D eigenvalue weighted by molar-refractivity contribution is 0.413. The lowest BCUT2D eigenvalue weighted by Gasteiger charge is -2.15. The van der Waals surface area contributed by atoms with Crippen LogP contribution >= 0.6 is 0 Å². The van der Waals surface area contributed by atoms with Crippen molar-refractivity contribution >= 4 is 0 Å². The molecule has 0 saturated heterocycles. The molecule has 1 atom stereocenters. The highest BCUT2D eigenvalue weighted by molar-refractivity contribution is 5.33. The van der Waals surface area contributed by atoms with Crippen LogP contribution in [0.5, 0.6) is 11.5 Å². The van der Waals surface area contributed by atoms with Gasteiger partial charge in [0.2, 0.25) is 0 Å². The third kappa shape index (κ3) is 3.48. The van der Waals surface area contributed by atoms with Crippen LogP contribution in [0, 0.1) is 5.82 Å². The predicted molar refractivity (Wildman–Crippen MR) is 76.3 cm³/mol. The van der Waals surface area contributed by atoms with Crippen molar-refractivity contribution in [2.24, 2.45) is 0 Å². The second kappa shape index (κ2) is 6.39. The molecule has 2 rings (SSSR count). The predicted octanol–water partition coefficient (Wildman–Crippen LogP) is 3.39. The number of methoxy groups -OCH3 is 1. The summed E-state index contributed by atoms with van der Waals surface area (Å²) in [5, 5.41) is 12.9. The minimum absolute atomic E-state index is 0.0627. The molecule has 2 N–H and O–H groups in total. The maximum Gasteiger partial charge on any atom is 0.123 e. The Bertz CT molecular complexity index is 586. The van der Waals surface area contributed by atoms with E-state index in [0.29, 0.717) is 12.1 Å². The van der Waals surface area contributed by atoms with Crippen LogP contribution in [0.4, 0.5) is 4.39 Å². The highest BCUT2D eigenvalue weighted by Crippen LogP contribution is 2.21. The fourth-order valence-electron chi connectivity index (χ4n) is 1.99. The number of benzene rings is 2. The van der Waals surface area contributed by atoms with Crippen LogP contribution in [0.1, 0.15) is 24.1 Å². The highest BCUT2D eigenvalue weighted by Gasteiger charge is 2.08. The van der Waals surface area contributed by atoms with Crippen molar-refractivity contribution in [3.63, 3.8) is 0 Å². The molecule has 0 heterocycles. The highest BCUT2D eigenvalue weighted by atomic mass is 19.1. The van der Waals surface area contributed by atoms with Crippen molar-refractivity contribution in [3.8, 4) is 11.5 Å². The molecule has 2 aromatic carbocycles. The van der Waals surface area contributed by atoms with E-state index < -0.39 is 0 Å². The molecule has 0 aliphatic heterocycles. The summed E-state index contributed by atoms with van der Waals surface area (Å²) in [6.07, 6.45) is 0. The zero-order valence-corrected chi connectivity index (χ0v) is 11.6. The molecule has 0 aliphatic rings. The van der Waals surface area contributed by atoms with Gasteiger partial charge in [-0.15, -0.1) is 0 Å². The summed E-state index contributed by atoms with van der Waals surface area (Å²) in [6, 6.07) is 11.7. The van der Waals surface area contributed by atoms with E-state index in [0.717, 1.165) is 11.3 Å². The molecule has 0 amide bonds. The minimum Gasteiger partial charge on any atom is -0.508 e. The number of halogens is 1. The van der Waals surface area contributed by atoms with Gasteiger partial charge in [-0.2, -0.15) is 0 Å². The topological polar surface area (TPSA) is 41.5 Å².